The largest absolute Gasteiger partial charge is 0.355 e. The average molecular weight is 567 g/mol. The van der Waals surface area contributed by atoms with Crippen LogP contribution in [-0.2, 0) is 6.54 Å². The average Bonchev–Trinajstić information content (AvgIpc) is 3.01. The highest BCUT2D eigenvalue weighted by Crippen LogP contribution is 2.34. The highest BCUT2D eigenvalue weighted by Gasteiger charge is 2.32. The van der Waals surface area contributed by atoms with E-state index in [1.165, 1.54) is 16.7 Å². The minimum Gasteiger partial charge on any atom is -0.355 e. The summed E-state index contributed by atoms with van der Waals surface area (Å²) in [6.07, 6.45) is 3.83. The molecule has 210 valence electrons. The second-order valence-electron chi connectivity index (χ2n) is 10.7. The van der Waals surface area contributed by atoms with Gasteiger partial charge in [0.05, 0.1) is 6.04 Å². The number of amides is 2. The molecular formula is C34H35ClN4O2. The predicted octanol–water partition coefficient (Wildman–Crippen LogP) is 6.58. The van der Waals surface area contributed by atoms with Crippen molar-refractivity contribution in [1.29, 1.82) is 0 Å². The van der Waals surface area contributed by atoms with Gasteiger partial charge < -0.3 is 10.2 Å². The Balaban J connectivity index is 1.43. The highest BCUT2D eigenvalue weighted by molar-refractivity contribution is 6.30. The molecule has 0 spiro atoms. The first-order valence-corrected chi connectivity index (χ1v) is 14.4. The molecule has 1 N–H and O–H groups in total. The number of carbonyl (C=O) groups is 2. The molecule has 5 rings (SSSR count). The summed E-state index contributed by atoms with van der Waals surface area (Å²) in [4.78, 5) is 34.3. The van der Waals surface area contributed by atoms with Gasteiger partial charge in [-0.25, -0.2) is 0 Å². The monoisotopic (exact) mass is 566 g/mol. The van der Waals surface area contributed by atoms with E-state index in [1.54, 1.807) is 31.3 Å². The Bertz CT molecular complexity index is 1520. The lowest BCUT2D eigenvalue weighted by Crippen LogP contribution is -2.50. The number of benzene rings is 3. The number of hydrogen-bond acceptors (Lipinski definition) is 4. The molecule has 41 heavy (non-hydrogen) atoms. The second kappa shape index (κ2) is 12.7. The zero-order valence-electron chi connectivity index (χ0n) is 23.7. The summed E-state index contributed by atoms with van der Waals surface area (Å²) in [6.45, 7) is 7.01. The first-order chi connectivity index (χ1) is 19.9. The zero-order chi connectivity index (χ0) is 28.9. The van der Waals surface area contributed by atoms with Crippen molar-refractivity contribution in [2.24, 2.45) is 0 Å². The number of nitrogens with zero attached hydrogens (tertiary/aromatic N) is 3. The van der Waals surface area contributed by atoms with Crippen LogP contribution >= 0.6 is 11.6 Å². The van der Waals surface area contributed by atoms with Crippen molar-refractivity contribution in [3.63, 3.8) is 0 Å². The summed E-state index contributed by atoms with van der Waals surface area (Å²) in [5.41, 5.74) is 7.07. The topological polar surface area (TPSA) is 65.5 Å². The number of halogens is 1. The first kappa shape index (κ1) is 28.5. The normalized spacial score (nSPS) is 15.6. The van der Waals surface area contributed by atoms with E-state index in [1.807, 2.05) is 41.6 Å². The van der Waals surface area contributed by atoms with Crippen LogP contribution in [0, 0.1) is 0 Å². The van der Waals surface area contributed by atoms with Crippen LogP contribution in [0.5, 0.6) is 0 Å². The van der Waals surface area contributed by atoms with E-state index in [9.17, 15) is 9.59 Å². The third kappa shape index (κ3) is 6.34. The van der Waals surface area contributed by atoms with Crippen LogP contribution in [-0.4, -0.2) is 53.3 Å². The van der Waals surface area contributed by atoms with E-state index in [0.29, 0.717) is 41.7 Å². The fourth-order valence-corrected chi connectivity index (χ4v) is 5.68. The Kier molecular flexibility index (Phi) is 8.81. The van der Waals surface area contributed by atoms with Gasteiger partial charge in [0, 0.05) is 67.3 Å². The molecule has 0 bridgehead atoms. The minimum atomic E-state index is -0.174. The molecule has 6 nitrogen and oxygen atoms in total. The van der Waals surface area contributed by atoms with Crippen molar-refractivity contribution in [3.05, 3.63) is 124 Å². The van der Waals surface area contributed by atoms with Crippen LogP contribution in [0.2, 0.25) is 5.02 Å². The Morgan fingerprint density at radius 2 is 1.63 bits per heavy atom. The number of rotatable bonds is 7. The number of aromatic nitrogens is 1. The molecule has 0 radical (unpaired) electrons. The van der Waals surface area contributed by atoms with Gasteiger partial charge >= 0.3 is 0 Å². The molecule has 1 aliphatic heterocycles. The van der Waals surface area contributed by atoms with Gasteiger partial charge in [-0.3, -0.25) is 19.5 Å². The molecule has 0 aliphatic carbocycles. The molecular weight excluding hydrogens is 532 g/mol. The fraction of sp³-hybridized carbons (Fsp3) is 0.265. The maximum absolute atomic E-state index is 13.6. The predicted molar refractivity (Wildman–Crippen MR) is 164 cm³/mol. The van der Waals surface area contributed by atoms with E-state index in [-0.39, 0.29) is 17.9 Å². The van der Waals surface area contributed by atoms with Gasteiger partial charge in [-0.1, -0.05) is 61.8 Å². The smallest absolute Gasteiger partial charge is 0.253 e. The molecule has 4 aromatic rings. The standard InChI is InChI=1S/C34H35ClN4O2/c1-23(2)29-6-4-5-7-30(29)31-20-37-17-16-27(31)21-38-18-19-39(22-32(38)24-12-14-28(35)15-13-24)34(41)26-10-8-25(9-11-26)33(40)36-3/h4-17,20,23,32H,18-19,21-22H2,1-3H3,(H,36,40)/t32-/m1/s1. The van der Waals surface area contributed by atoms with Gasteiger partial charge in [0.25, 0.3) is 11.8 Å². The number of nitrogens with one attached hydrogen (secondary N) is 1. The van der Waals surface area contributed by atoms with Crippen molar-refractivity contribution < 1.29 is 9.59 Å². The quantitative estimate of drug-likeness (QED) is 0.274. The zero-order valence-corrected chi connectivity index (χ0v) is 24.4. The van der Waals surface area contributed by atoms with Crippen molar-refractivity contribution in [2.45, 2.75) is 32.4 Å². The lowest BCUT2D eigenvalue weighted by molar-refractivity contribution is 0.0456. The summed E-state index contributed by atoms with van der Waals surface area (Å²) >= 11 is 6.24. The third-order valence-corrected chi connectivity index (χ3v) is 8.06. The van der Waals surface area contributed by atoms with Crippen molar-refractivity contribution in [2.75, 3.05) is 26.7 Å². The summed E-state index contributed by atoms with van der Waals surface area (Å²) in [5.74, 6) is 0.176. The molecule has 1 saturated heterocycles. The number of carbonyl (C=O) groups excluding carboxylic acids is 2. The Labute approximate surface area is 247 Å². The van der Waals surface area contributed by atoms with Gasteiger partial charge in [0.2, 0.25) is 0 Å². The molecule has 0 unspecified atom stereocenters. The molecule has 7 heteroatoms. The van der Waals surface area contributed by atoms with Crippen LogP contribution in [0.3, 0.4) is 0 Å². The maximum atomic E-state index is 13.6. The second-order valence-corrected chi connectivity index (χ2v) is 11.2. The summed E-state index contributed by atoms with van der Waals surface area (Å²) in [5, 5.41) is 3.30. The molecule has 2 amide bonds. The molecule has 1 fully saturated rings. The Morgan fingerprint density at radius 3 is 2.34 bits per heavy atom. The van der Waals surface area contributed by atoms with Crippen LogP contribution in [0.25, 0.3) is 11.1 Å². The van der Waals surface area contributed by atoms with Crippen LogP contribution in [0.15, 0.2) is 91.3 Å². The van der Waals surface area contributed by atoms with E-state index < -0.39 is 0 Å². The summed E-state index contributed by atoms with van der Waals surface area (Å²) in [6, 6.07) is 25.4. The molecule has 3 aromatic carbocycles. The van der Waals surface area contributed by atoms with Crippen molar-refractivity contribution in [1.82, 2.24) is 20.1 Å². The fourth-order valence-electron chi connectivity index (χ4n) is 5.55. The van der Waals surface area contributed by atoms with Crippen molar-refractivity contribution >= 4 is 23.4 Å². The van der Waals surface area contributed by atoms with Crippen LogP contribution < -0.4 is 5.32 Å². The van der Waals surface area contributed by atoms with Gasteiger partial charge in [-0.05, 0) is 70.6 Å². The SMILES string of the molecule is CNC(=O)c1ccc(C(=O)N2CCN(Cc3ccncc3-c3ccccc3C(C)C)[C@@H](c3ccc(Cl)cc3)C2)cc1. The molecule has 0 saturated carbocycles. The molecule has 2 heterocycles. The maximum Gasteiger partial charge on any atom is 0.253 e. The summed E-state index contributed by atoms with van der Waals surface area (Å²) in [7, 11) is 1.59. The molecule has 1 aromatic heterocycles. The lowest BCUT2D eigenvalue weighted by Gasteiger charge is -2.42. The van der Waals surface area contributed by atoms with Gasteiger partial charge in [-0.2, -0.15) is 0 Å². The lowest BCUT2D eigenvalue weighted by atomic mass is 9.91. The van der Waals surface area contributed by atoms with Gasteiger partial charge in [0.1, 0.15) is 0 Å². The molecule has 1 atom stereocenters. The Hall–Kier alpha value is -4.00. The van der Waals surface area contributed by atoms with Crippen molar-refractivity contribution in [3.8, 4) is 11.1 Å². The van der Waals surface area contributed by atoms with Crippen LogP contribution in [0.1, 0.15) is 63.2 Å². The number of hydrogen-bond donors (Lipinski definition) is 1. The van der Waals surface area contributed by atoms with E-state index >= 15 is 0 Å². The highest BCUT2D eigenvalue weighted by atomic mass is 35.5. The number of pyridine rings is 1. The van der Waals surface area contributed by atoms with E-state index in [2.05, 4.69) is 59.4 Å². The first-order valence-electron chi connectivity index (χ1n) is 14.0. The Morgan fingerprint density at radius 1 is 0.927 bits per heavy atom. The number of piperazine rings is 1. The third-order valence-electron chi connectivity index (χ3n) is 7.81. The van der Waals surface area contributed by atoms with Crippen LogP contribution in [0.4, 0.5) is 0 Å². The van der Waals surface area contributed by atoms with Gasteiger partial charge in [-0.15, -0.1) is 0 Å². The van der Waals surface area contributed by atoms with Gasteiger partial charge in [0.15, 0.2) is 0 Å². The van der Waals surface area contributed by atoms with E-state index in [4.69, 9.17) is 11.6 Å². The molecule has 1 aliphatic rings. The minimum absolute atomic E-state index is 0.0172. The van der Waals surface area contributed by atoms with E-state index in [0.717, 1.165) is 17.7 Å². The summed E-state index contributed by atoms with van der Waals surface area (Å²) < 4.78 is 0.